The van der Waals surface area contributed by atoms with E-state index in [9.17, 15) is 65.2 Å². The van der Waals surface area contributed by atoms with Crippen LogP contribution in [0.5, 0.6) is 5.75 Å². The van der Waals surface area contributed by atoms with Gasteiger partial charge in [-0.25, -0.2) is 12.6 Å². The number of azo groups is 1. The summed E-state index contributed by atoms with van der Waals surface area (Å²) in [7, 11) is -22.8. The van der Waals surface area contributed by atoms with Crippen LogP contribution in [0.2, 0.25) is 0 Å². The van der Waals surface area contributed by atoms with E-state index in [1.54, 1.807) is 0 Å². The van der Waals surface area contributed by atoms with Gasteiger partial charge in [-0.2, -0.15) is 53.0 Å². The Hall–Kier alpha value is -5.11. The summed E-state index contributed by atoms with van der Waals surface area (Å²) in [5, 5.41) is 20.2. The highest BCUT2D eigenvalue weighted by atomic mass is 32.3. The van der Waals surface area contributed by atoms with Gasteiger partial charge in [0.25, 0.3) is 30.4 Å². The normalized spacial score (nSPS) is 13.1. The summed E-state index contributed by atoms with van der Waals surface area (Å²) in [6, 6.07) is 8.55. The maximum absolute atomic E-state index is 14.6. The first-order chi connectivity index (χ1) is 26.7. The Labute approximate surface area is 328 Å². The van der Waals surface area contributed by atoms with Crippen LogP contribution in [-0.2, 0) is 54.8 Å². The molecule has 0 atom stereocenters. The van der Waals surface area contributed by atoms with Crippen molar-refractivity contribution in [2.24, 2.45) is 10.2 Å². The summed E-state index contributed by atoms with van der Waals surface area (Å²) < 4.78 is 177. The number of aryl methyl sites for hydroxylation is 1. The first-order valence-corrected chi connectivity index (χ1v) is 23.1. The van der Waals surface area contributed by atoms with Crippen molar-refractivity contribution in [2.45, 2.75) is 21.6 Å². The number of phenolic OH excluding ortho intramolecular Hbond substituents is 1. The smallest absolute Gasteiger partial charge is 0.397 e. The zero-order valence-corrected chi connectivity index (χ0v) is 33.4. The fraction of sp³-hybridized carbons (Fsp3) is 0.207. The van der Waals surface area contributed by atoms with Gasteiger partial charge in [0.2, 0.25) is 11.9 Å². The Balaban J connectivity index is 1.51. The van der Waals surface area contributed by atoms with Crippen molar-refractivity contribution in [3.05, 3.63) is 60.2 Å². The number of hydrogen-bond donors (Lipinski definition) is 6. The molecule has 0 fully saturated rings. The van der Waals surface area contributed by atoms with Crippen molar-refractivity contribution in [3.63, 3.8) is 0 Å². The summed E-state index contributed by atoms with van der Waals surface area (Å²) in [6.07, 6.45) is -1.41. The molecule has 0 saturated carbocycles. The summed E-state index contributed by atoms with van der Waals surface area (Å²) in [6.45, 7) is 0.0569. The van der Waals surface area contributed by atoms with Gasteiger partial charge >= 0.3 is 16.5 Å². The van der Waals surface area contributed by atoms with Crippen LogP contribution in [0.4, 0.5) is 33.3 Å². The molecule has 0 amide bonds. The first kappa shape index (κ1) is 44.0. The second kappa shape index (κ2) is 15.9. The van der Waals surface area contributed by atoms with Crippen LogP contribution in [0.1, 0.15) is 5.56 Å². The molecule has 0 radical (unpaired) electrons. The molecule has 312 valence electrons. The van der Waals surface area contributed by atoms with Gasteiger partial charge < -0.3 is 15.3 Å². The molecule has 0 aliphatic carbocycles. The molecule has 29 heteroatoms. The lowest BCUT2D eigenvalue weighted by molar-refractivity contribution is 0.284. The third-order valence-corrected chi connectivity index (χ3v) is 12.8. The van der Waals surface area contributed by atoms with Crippen LogP contribution in [0.25, 0.3) is 21.5 Å². The molecule has 1 heterocycles. The van der Waals surface area contributed by atoms with Crippen molar-refractivity contribution in [3.8, 4) is 5.75 Å². The number of anilines is 3. The van der Waals surface area contributed by atoms with E-state index >= 15 is 0 Å². The van der Waals surface area contributed by atoms with Crippen LogP contribution in [0.3, 0.4) is 0 Å². The molecule has 0 unspecified atom stereocenters. The zero-order chi connectivity index (χ0) is 43.2. The number of hydrogen-bond acceptors (Lipinski definition) is 19. The number of aromatic hydroxyl groups is 1. The topological polar surface area (TPSA) is 360 Å². The van der Waals surface area contributed by atoms with Gasteiger partial charge in [0.1, 0.15) is 26.1 Å². The summed E-state index contributed by atoms with van der Waals surface area (Å²) in [5.41, 5.74) is -1.38. The van der Waals surface area contributed by atoms with E-state index in [2.05, 4.69) is 34.7 Å². The predicted octanol–water partition coefficient (Wildman–Crippen LogP) is 2.90. The Bertz CT molecular complexity index is 3100. The summed E-state index contributed by atoms with van der Waals surface area (Å²) in [4.78, 5) is 9.49. The van der Waals surface area contributed by atoms with Crippen LogP contribution in [-0.4, -0.2) is 112 Å². The van der Waals surface area contributed by atoms with Gasteiger partial charge in [-0.3, -0.25) is 18.2 Å². The Morgan fingerprint density at radius 2 is 1.41 bits per heavy atom. The monoisotopic (exact) mass is 909 g/mol. The minimum atomic E-state index is -5.21. The highest BCUT2D eigenvalue weighted by Crippen LogP contribution is 2.44. The lowest BCUT2D eigenvalue weighted by atomic mass is 10.0. The second-order valence-corrected chi connectivity index (χ2v) is 19.5. The standard InChI is InChI=1S/C29H28FN7O16S5/c1-15-14-19-17(24(38)23(15)36-35-21-9-6-16-18(25(21)56(44,45)46)4-3-5-22(16)55(41,42)43)7-8-20(26(19)57(47,48)49)31-28-32-27(30)33-29(34-28)37(2)10-12-54(39,40)13-11-53-58(50,51)52/h3-9,14,38H,10-13H2,1-2H3,(H,41,42,43)(H,44,45,46)(H,47,48,49)(H,50,51,52)(H,31,32,33,34). The van der Waals surface area contributed by atoms with Crippen LogP contribution >= 0.6 is 0 Å². The van der Waals surface area contributed by atoms with Crippen molar-refractivity contribution in [1.29, 1.82) is 0 Å². The number of rotatable bonds is 15. The van der Waals surface area contributed by atoms with Crippen molar-refractivity contribution in [2.75, 3.05) is 41.9 Å². The molecule has 6 N–H and O–H groups in total. The molecule has 0 aliphatic heterocycles. The van der Waals surface area contributed by atoms with Gasteiger partial charge in [0, 0.05) is 35.1 Å². The molecule has 5 rings (SSSR count). The molecule has 4 aromatic carbocycles. The number of halogens is 1. The van der Waals surface area contributed by atoms with E-state index in [-0.39, 0.29) is 39.3 Å². The molecule has 58 heavy (non-hydrogen) atoms. The number of nitrogens with one attached hydrogen (secondary N) is 1. The molecular formula is C29H28FN7O16S5. The quantitative estimate of drug-likeness (QED) is 0.0649. The minimum Gasteiger partial charge on any atom is -0.505 e. The maximum Gasteiger partial charge on any atom is 0.397 e. The van der Waals surface area contributed by atoms with Gasteiger partial charge in [0.15, 0.2) is 15.6 Å². The average Bonchev–Trinajstić information content (AvgIpc) is 3.07. The summed E-state index contributed by atoms with van der Waals surface area (Å²) >= 11 is 0. The molecular weight excluding hydrogens is 882 g/mol. The number of aromatic nitrogens is 3. The second-order valence-electron chi connectivity index (χ2n) is 12.0. The number of sulfone groups is 1. The number of fused-ring (bicyclic) bond motifs is 2. The van der Waals surface area contributed by atoms with Crippen molar-refractivity contribution < 1.29 is 74.0 Å². The lowest BCUT2D eigenvalue weighted by Gasteiger charge is -2.18. The van der Waals surface area contributed by atoms with Crippen LogP contribution in [0.15, 0.2) is 73.4 Å². The van der Waals surface area contributed by atoms with Gasteiger partial charge in [-0.1, -0.05) is 18.2 Å². The number of benzene rings is 4. The first-order valence-electron chi connectivity index (χ1n) is 15.6. The van der Waals surface area contributed by atoms with Gasteiger partial charge in [0.05, 0.1) is 23.8 Å². The maximum atomic E-state index is 14.6. The van der Waals surface area contributed by atoms with E-state index in [0.717, 1.165) is 53.4 Å². The zero-order valence-electron chi connectivity index (χ0n) is 29.3. The van der Waals surface area contributed by atoms with E-state index in [0.29, 0.717) is 0 Å². The Morgan fingerprint density at radius 3 is 2.03 bits per heavy atom. The predicted molar refractivity (Wildman–Crippen MR) is 200 cm³/mol. The van der Waals surface area contributed by atoms with Gasteiger partial charge in [-0.15, -0.1) is 10.2 Å². The van der Waals surface area contributed by atoms with E-state index in [1.807, 2.05) is 0 Å². The number of phenols is 1. The van der Waals surface area contributed by atoms with Crippen LogP contribution in [0, 0.1) is 13.0 Å². The minimum absolute atomic E-state index is 0.0201. The lowest BCUT2D eigenvalue weighted by Crippen LogP contribution is -2.29. The van der Waals surface area contributed by atoms with E-state index in [1.165, 1.54) is 14.0 Å². The Morgan fingerprint density at radius 1 is 0.759 bits per heavy atom. The van der Waals surface area contributed by atoms with Gasteiger partial charge in [-0.05, 0) is 42.8 Å². The summed E-state index contributed by atoms with van der Waals surface area (Å²) in [5.74, 6) is -3.28. The van der Waals surface area contributed by atoms with E-state index < -0.39 is 118 Å². The fourth-order valence-electron chi connectivity index (χ4n) is 5.45. The third kappa shape index (κ3) is 10.1. The van der Waals surface area contributed by atoms with Crippen molar-refractivity contribution in [1.82, 2.24) is 15.0 Å². The van der Waals surface area contributed by atoms with Crippen LogP contribution < -0.4 is 10.2 Å². The molecule has 5 aromatic rings. The molecule has 0 aliphatic rings. The fourth-order valence-corrected chi connectivity index (χ4v) is 9.32. The SMILES string of the molecule is Cc1cc2c(S(=O)(=O)O)c(Nc3nc(F)nc(N(C)CCS(=O)(=O)CCOS(=O)(=O)O)n3)ccc2c(O)c1N=Nc1ccc2c(S(=O)(=O)O)cccc2c1S(=O)(=O)O. The molecule has 0 spiro atoms. The highest BCUT2D eigenvalue weighted by Gasteiger charge is 2.26. The molecule has 0 bridgehead atoms. The largest absolute Gasteiger partial charge is 0.505 e. The third-order valence-electron chi connectivity index (χ3n) is 7.96. The molecule has 23 nitrogen and oxygen atoms in total. The molecule has 1 aromatic heterocycles. The van der Waals surface area contributed by atoms with Crippen molar-refractivity contribution >= 4 is 101 Å². The highest BCUT2D eigenvalue weighted by molar-refractivity contribution is 7.91. The van der Waals surface area contributed by atoms with E-state index in [4.69, 9.17) is 4.55 Å². The number of nitrogens with zero attached hydrogens (tertiary/aromatic N) is 6. The molecule has 0 saturated heterocycles. The average molecular weight is 910 g/mol. The Kier molecular flexibility index (Phi) is 12.1.